The van der Waals surface area contributed by atoms with E-state index in [0.717, 1.165) is 16.8 Å². The van der Waals surface area contributed by atoms with Crippen LogP contribution in [-0.4, -0.2) is 8.42 Å². The third kappa shape index (κ3) is 3.97. The number of nitrogens with one attached hydrogen (secondary N) is 1. The lowest BCUT2D eigenvalue weighted by atomic mass is 10.1. The van der Waals surface area contributed by atoms with Crippen LogP contribution in [-0.2, 0) is 10.0 Å². The van der Waals surface area contributed by atoms with Crippen LogP contribution < -0.4 is 10.5 Å². The van der Waals surface area contributed by atoms with Crippen molar-refractivity contribution in [2.24, 2.45) is 5.14 Å². The summed E-state index contributed by atoms with van der Waals surface area (Å²) in [6.45, 7) is 3.93. The fourth-order valence-electron chi connectivity index (χ4n) is 1.96. The summed E-state index contributed by atoms with van der Waals surface area (Å²) in [7, 11) is -3.65. The van der Waals surface area contributed by atoms with Gasteiger partial charge in [-0.2, -0.15) is 0 Å². The molecule has 2 aromatic carbocycles. The van der Waals surface area contributed by atoms with Crippen LogP contribution in [0, 0.1) is 6.92 Å². The van der Waals surface area contributed by atoms with E-state index >= 15 is 0 Å². The zero-order valence-corrected chi connectivity index (χ0v) is 13.4. The maximum absolute atomic E-state index is 11.2. The summed E-state index contributed by atoms with van der Waals surface area (Å²) in [6, 6.07) is 12.3. The van der Waals surface area contributed by atoms with E-state index in [-0.39, 0.29) is 10.9 Å². The molecule has 21 heavy (non-hydrogen) atoms. The second-order valence-electron chi connectivity index (χ2n) is 4.94. The number of aryl methyl sites for hydroxylation is 1. The smallest absolute Gasteiger partial charge is 0.238 e. The second kappa shape index (κ2) is 6.05. The Morgan fingerprint density at radius 2 is 1.76 bits per heavy atom. The molecule has 0 fully saturated rings. The SMILES string of the molecule is Cc1ccc(NC(C)c2ccc(S(N)(=O)=O)cc2)cc1Cl. The molecule has 0 bridgehead atoms. The van der Waals surface area contributed by atoms with E-state index in [2.05, 4.69) is 5.32 Å². The zero-order chi connectivity index (χ0) is 15.6. The van der Waals surface area contributed by atoms with Crippen LogP contribution in [0.3, 0.4) is 0 Å². The van der Waals surface area contributed by atoms with Crippen molar-refractivity contribution in [3.63, 3.8) is 0 Å². The highest BCUT2D eigenvalue weighted by molar-refractivity contribution is 7.89. The van der Waals surface area contributed by atoms with Crippen LogP contribution >= 0.6 is 11.6 Å². The molecule has 0 aliphatic heterocycles. The Kier molecular flexibility index (Phi) is 4.56. The summed E-state index contributed by atoms with van der Waals surface area (Å²) in [6.07, 6.45) is 0. The van der Waals surface area contributed by atoms with Gasteiger partial charge in [0.2, 0.25) is 10.0 Å². The van der Waals surface area contributed by atoms with E-state index in [1.807, 2.05) is 32.0 Å². The Hall–Kier alpha value is -1.56. The monoisotopic (exact) mass is 324 g/mol. The first-order chi connectivity index (χ1) is 9.77. The van der Waals surface area contributed by atoms with Crippen molar-refractivity contribution >= 4 is 27.3 Å². The fourth-order valence-corrected chi connectivity index (χ4v) is 2.66. The zero-order valence-electron chi connectivity index (χ0n) is 11.8. The topological polar surface area (TPSA) is 72.2 Å². The van der Waals surface area contributed by atoms with E-state index in [0.29, 0.717) is 5.02 Å². The van der Waals surface area contributed by atoms with Crippen molar-refractivity contribution in [3.8, 4) is 0 Å². The Balaban J connectivity index is 2.16. The van der Waals surface area contributed by atoms with Gasteiger partial charge in [-0.25, -0.2) is 13.6 Å². The summed E-state index contributed by atoms with van der Waals surface area (Å²) >= 11 is 6.09. The number of sulfonamides is 1. The summed E-state index contributed by atoms with van der Waals surface area (Å²) in [4.78, 5) is 0.108. The largest absolute Gasteiger partial charge is 0.378 e. The van der Waals surface area contributed by atoms with Crippen molar-refractivity contribution in [1.29, 1.82) is 0 Å². The van der Waals surface area contributed by atoms with Gasteiger partial charge in [-0.1, -0.05) is 29.8 Å². The van der Waals surface area contributed by atoms with Gasteiger partial charge in [-0.3, -0.25) is 0 Å². The van der Waals surface area contributed by atoms with Gasteiger partial charge >= 0.3 is 0 Å². The summed E-state index contributed by atoms with van der Waals surface area (Å²) in [5.41, 5.74) is 2.89. The van der Waals surface area contributed by atoms with Crippen molar-refractivity contribution in [2.75, 3.05) is 5.32 Å². The molecule has 4 nitrogen and oxygen atoms in total. The van der Waals surface area contributed by atoms with Crippen LogP contribution in [0.15, 0.2) is 47.4 Å². The highest BCUT2D eigenvalue weighted by Crippen LogP contribution is 2.24. The molecule has 0 saturated heterocycles. The molecule has 112 valence electrons. The van der Waals surface area contributed by atoms with Crippen LogP contribution in [0.4, 0.5) is 5.69 Å². The third-order valence-corrected chi connectivity index (χ3v) is 4.60. The average Bonchev–Trinajstić information content (AvgIpc) is 2.42. The minimum atomic E-state index is -3.65. The van der Waals surface area contributed by atoms with Crippen molar-refractivity contribution in [3.05, 3.63) is 58.6 Å². The Morgan fingerprint density at radius 3 is 2.29 bits per heavy atom. The molecule has 2 aromatic rings. The number of anilines is 1. The van der Waals surface area contributed by atoms with Gasteiger partial charge in [-0.05, 0) is 49.2 Å². The summed E-state index contributed by atoms with van der Waals surface area (Å²) in [5.74, 6) is 0. The standard InChI is InChI=1S/C15H17ClN2O2S/c1-10-3-6-13(9-15(10)16)18-11(2)12-4-7-14(8-5-12)21(17,19)20/h3-9,11,18H,1-2H3,(H2,17,19,20). The molecule has 0 radical (unpaired) electrons. The number of primary sulfonamides is 1. The normalized spacial score (nSPS) is 13.0. The lowest BCUT2D eigenvalue weighted by molar-refractivity contribution is 0.597. The van der Waals surface area contributed by atoms with Gasteiger partial charge in [-0.15, -0.1) is 0 Å². The number of nitrogens with two attached hydrogens (primary N) is 1. The molecule has 3 N–H and O–H groups in total. The van der Waals surface area contributed by atoms with E-state index in [9.17, 15) is 8.42 Å². The first kappa shape index (κ1) is 15.8. The van der Waals surface area contributed by atoms with Gasteiger partial charge in [0.05, 0.1) is 4.90 Å². The van der Waals surface area contributed by atoms with E-state index in [4.69, 9.17) is 16.7 Å². The van der Waals surface area contributed by atoms with E-state index in [1.165, 1.54) is 12.1 Å². The molecule has 0 aliphatic carbocycles. The van der Waals surface area contributed by atoms with Crippen LogP contribution in [0.25, 0.3) is 0 Å². The molecule has 2 rings (SSSR count). The number of rotatable bonds is 4. The molecule has 0 spiro atoms. The molecule has 0 aromatic heterocycles. The maximum atomic E-state index is 11.2. The van der Waals surface area contributed by atoms with Crippen molar-refractivity contribution < 1.29 is 8.42 Å². The van der Waals surface area contributed by atoms with Crippen molar-refractivity contribution in [1.82, 2.24) is 0 Å². The van der Waals surface area contributed by atoms with Gasteiger partial charge in [0.15, 0.2) is 0 Å². The molecular weight excluding hydrogens is 308 g/mol. The summed E-state index contributed by atoms with van der Waals surface area (Å²) < 4.78 is 22.4. The number of benzene rings is 2. The van der Waals surface area contributed by atoms with Crippen LogP contribution in [0.1, 0.15) is 24.1 Å². The molecular formula is C15H17ClN2O2S. The van der Waals surface area contributed by atoms with Gasteiger partial charge in [0.1, 0.15) is 0 Å². The molecule has 0 aliphatic rings. The highest BCUT2D eigenvalue weighted by Gasteiger charge is 2.10. The predicted octanol–water partition coefficient (Wildman–Crippen LogP) is 3.47. The maximum Gasteiger partial charge on any atom is 0.238 e. The van der Waals surface area contributed by atoms with Crippen molar-refractivity contribution in [2.45, 2.75) is 24.8 Å². The van der Waals surface area contributed by atoms with Gasteiger partial charge < -0.3 is 5.32 Å². The minimum absolute atomic E-state index is 0.0123. The number of hydrogen-bond acceptors (Lipinski definition) is 3. The first-order valence-electron chi connectivity index (χ1n) is 6.43. The third-order valence-electron chi connectivity index (χ3n) is 3.26. The fraction of sp³-hybridized carbons (Fsp3) is 0.200. The predicted molar refractivity (Wildman–Crippen MR) is 86.0 cm³/mol. The van der Waals surface area contributed by atoms with Gasteiger partial charge in [0, 0.05) is 16.8 Å². The van der Waals surface area contributed by atoms with Crippen LogP contribution in [0.2, 0.25) is 5.02 Å². The summed E-state index contributed by atoms with van der Waals surface area (Å²) in [5, 5.41) is 9.10. The van der Waals surface area contributed by atoms with E-state index in [1.54, 1.807) is 12.1 Å². The average molecular weight is 325 g/mol. The Morgan fingerprint density at radius 1 is 1.14 bits per heavy atom. The first-order valence-corrected chi connectivity index (χ1v) is 8.35. The van der Waals surface area contributed by atoms with Crippen LogP contribution in [0.5, 0.6) is 0 Å². The van der Waals surface area contributed by atoms with E-state index < -0.39 is 10.0 Å². The molecule has 0 heterocycles. The quantitative estimate of drug-likeness (QED) is 0.904. The Bertz CT molecular complexity index is 743. The molecule has 6 heteroatoms. The molecule has 1 atom stereocenters. The molecule has 0 saturated carbocycles. The highest BCUT2D eigenvalue weighted by atomic mass is 35.5. The number of halogens is 1. The lowest BCUT2D eigenvalue weighted by Crippen LogP contribution is -2.12. The molecule has 0 amide bonds. The minimum Gasteiger partial charge on any atom is -0.378 e. The molecule has 1 unspecified atom stereocenters. The number of hydrogen-bond donors (Lipinski definition) is 2. The Labute approximate surface area is 130 Å². The lowest BCUT2D eigenvalue weighted by Gasteiger charge is -2.16. The second-order valence-corrected chi connectivity index (χ2v) is 6.91. The van der Waals surface area contributed by atoms with Gasteiger partial charge in [0.25, 0.3) is 0 Å².